The van der Waals surface area contributed by atoms with Crippen molar-refractivity contribution < 1.29 is 4.79 Å². The molecule has 21 heavy (non-hydrogen) atoms. The molecule has 1 saturated heterocycles. The van der Waals surface area contributed by atoms with Crippen LogP contribution in [0.25, 0.3) is 0 Å². The molecule has 1 aromatic carbocycles. The maximum atomic E-state index is 12.5. The lowest BCUT2D eigenvalue weighted by atomic mass is 9.93. The molecule has 1 amide bonds. The van der Waals surface area contributed by atoms with E-state index in [0.717, 1.165) is 32.0 Å². The predicted molar refractivity (Wildman–Crippen MR) is 87.0 cm³/mol. The maximum absolute atomic E-state index is 12.5. The van der Waals surface area contributed by atoms with E-state index in [9.17, 15) is 4.79 Å². The highest BCUT2D eigenvalue weighted by Gasteiger charge is 2.20. The fourth-order valence-electron chi connectivity index (χ4n) is 2.98. The van der Waals surface area contributed by atoms with Crippen molar-refractivity contribution in [3.63, 3.8) is 0 Å². The number of hydrogen-bond donors (Lipinski definition) is 1. The van der Waals surface area contributed by atoms with Gasteiger partial charge in [0.05, 0.1) is 0 Å². The molecule has 0 radical (unpaired) electrons. The summed E-state index contributed by atoms with van der Waals surface area (Å²) in [6, 6.07) is 10.5. The van der Waals surface area contributed by atoms with Crippen LogP contribution >= 0.6 is 0 Å². The van der Waals surface area contributed by atoms with Gasteiger partial charge >= 0.3 is 0 Å². The van der Waals surface area contributed by atoms with Crippen molar-refractivity contribution in [1.82, 2.24) is 10.2 Å². The number of piperidine rings is 1. The topological polar surface area (TPSA) is 32.3 Å². The Kier molecular flexibility index (Phi) is 6.24. The Bertz CT molecular complexity index is 424. The van der Waals surface area contributed by atoms with Crippen LogP contribution in [0, 0.1) is 5.92 Å². The zero-order valence-electron chi connectivity index (χ0n) is 13.3. The van der Waals surface area contributed by atoms with Crippen molar-refractivity contribution in [2.75, 3.05) is 13.1 Å². The van der Waals surface area contributed by atoms with Crippen molar-refractivity contribution in [1.29, 1.82) is 0 Å². The average Bonchev–Trinajstić information content (AvgIpc) is 2.52. The third-order valence-corrected chi connectivity index (χ3v) is 4.36. The summed E-state index contributed by atoms with van der Waals surface area (Å²) in [6.07, 6.45) is 4.16. The molecule has 116 valence electrons. The summed E-state index contributed by atoms with van der Waals surface area (Å²) in [6.45, 7) is 7.15. The minimum Gasteiger partial charge on any atom is -0.336 e. The van der Waals surface area contributed by atoms with Crippen molar-refractivity contribution in [2.45, 2.75) is 52.1 Å². The van der Waals surface area contributed by atoms with E-state index in [1.807, 2.05) is 23.1 Å². The monoisotopic (exact) mass is 288 g/mol. The summed E-state index contributed by atoms with van der Waals surface area (Å²) < 4.78 is 0. The number of amides is 1. The molecule has 0 aromatic heterocycles. The Balaban J connectivity index is 1.86. The average molecular weight is 288 g/mol. The van der Waals surface area contributed by atoms with Gasteiger partial charge in [0.25, 0.3) is 0 Å². The third kappa shape index (κ3) is 5.16. The fourth-order valence-corrected chi connectivity index (χ4v) is 2.98. The van der Waals surface area contributed by atoms with Gasteiger partial charge in [-0.15, -0.1) is 0 Å². The van der Waals surface area contributed by atoms with Gasteiger partial charge < -0.3 is 10.2 Å². The molecule has 0 atom stereocenters. The van der Waals surface area contributed by atoms with E-state index in [-0.39, 0.29) is 6.04 Å². The summed E-state index contributed by atoms with van der Waals surface area (Å²) >= 11 is 0. The first kappa shape index (κ1) is 16.0. The van der Waals surface area contributed by atoms with Crippen LogP contribution in [0.5, 0.6) is 0 Å². The van der Waals surface area contributed by atoms with Gasteiger partial charge in [0, 0.05) is 19.0 Å². The first-order valence-corrected chi connectivity index (χ1v) is 8.21. The fraction of sp³-hybridized carbons (Fsp3) is 0.611. The first-order valence-electron chi connectivity index (χ1n) is 8.21. The van der Waals surface area contributed by atoms with Gasteiger partial charge in [-0.05, 0) is 57.7 Å². The molecule has 3 heteroatoms. The molecule has 0 spiro atoms. The smallest absolute Gasteiger partial charge is 0.223 e. The van der Waals surface area contributed by atoms with Crippen molar-refractivity contribution in [3.05, 3.63) is 35.9 Å². The first-order chi connectivity index (χ1) is 10.2. The standard InChI is InChI=1S/C18H28N2O/c1-15(2)20(14-17-6-4-3-5-7-17)18(21)9-8-16-10-12-19-13-11-16/h3-7,15-16,19H,8-14H2,1-2H3. The van der Waals surface area contributed by atoms with Crippen LogP contribution in [0.4, 0.5) is 0 Å². The van der Waals surface area contributed by atoms with Gasteiger partial charge in [-0.2, -0.15) is 0 Å². The van der Waals surface area contributed by atoms with E-state index in [4.69, 9.17) is 0 Å². The second kappa shape index (κ2) is 8.18. The molecule has 1 aliphatic heterocycles. The Hall–Kier alpha value is -1.35. The zero-order chi connectivity index (χ0) is 15.1. The summed E-state index contributed by atoms with van der Waals surface area (Å²) in [5.41, 5.74) is 1.21. The quantitative estimate of drug-likeness (QED) is 0.872. The van der Waals surface area contributed by atoms with Crippen molar-refractivity contribution >= 4 is 5.91 Å². The highest BCUT2D eigenvalue weighted by Crippen LogP contribution is 2.19. The van der Waals surface area contributed by atoms with E-state index < -0.39 is 0 Å². The maximum Gasteiger partial charge on any atom is 0.223 e. The van der Waals surface area contributed by atoms with Gasteiger partial charge in [0.1, 0.15) is 0 Å². The summed E-state index contributed by atoms with van der Waals surface area (Å²) in [4.78, 5) is 14.6. The summed E-state index contributed by atoms with van der Waals surface area (Å²) in [5, 5.41) is 3.38. The van der Waals surface area contributed by atoms with Crippen LogP contribution in [0.1, 0.15) is 45.1 Å². The molecule has 1 aliphatic rings. The van der Waals surface area contributed by atoms with Crippen LogP contribution < -0.4 is 5.32 Å². The zero-order valence-corrected chi connectivity index (χ0v) is 13.3. The Morgan fingerprint density at radius 2 is 1.90 bits per heavy atom. The lowest BCUT2D eigenvalue weighted by molar-refractivity contribution is -0.133. The third-order valence-electron chi connectivity index (χ3n) is 4.36. The molecule has 1 fully saturated rings. The Labute approximate surface area is 128 Å². The minimum atomic E-state index is 0.255. The summed E-state index contributed by atoms with van der Waals surface area (Å²) in [5.74, 6) is 1.02. The Morgan fingerprint density at radius 1 is 1.24 bits per heavy atom. The second-order valence-corrected chi connectivity index (χ2v) is 6.33. The number of benzene rings is 1. The van der Waals surface area contributed by atoms with E-state index >= 15 is 0 Å². The summed E-state index contributed by atoms with van der Waals surface area (Å²) in [7, 11) is 0. The van der Waals surface area contributed by atoms with E-state index in [1.165, 1.54) is 18.4 Å². The molecular weight excluding hydrogens is 260 g/mol. The lowest BCUT2D eigenvalue weighted by Gasteiger charge is -2.28. The lowest BCUT2D eigenvalue weighted by Crippen LogP contribution is -2.37. The van der Waals surface area contributed by atoms with E-state index in [0.29, 0.717) is 12.3 Å². The van der Waals surface area contributed by atoms with Crippen molar-refractivity contribution in [2.24, 2.45) is 5.92 Å². The van der Waals surface area contributed by atoms with Crippen LogP contribution in [0.15, 0.2) is 30.3 Å². The number of nitrogens with one attached hydrogen (secondary N) is 1. The predicted octanol–water partition coefficient (Wildman–Crippen LogP) is 3.20. The number of carbonyl (C=O) groups is 1. The molecule has 1 N–H and O–H groups in total. The molecular formula is C18H28N2O. The van der Waals surface area contributed by atoms with Crippen LogP contribution in [0.2, 0.25) is 0 Å². The molecule has 1 aromatic rings. The number of rotatable bonds is 6. The number of carbonyl (C=O) groups excluding carboxylic acids is 1. The molecule has 0 bridgehead atoms. The highest BCUT2D eigenvalue weighted by molar-refractivity contribution is 5.76. The van der Waals surface area contributed by atoms with Gasteiger partial charge in [-0.1, -0.05) is 30.3 Å². The normalized spacial score (nSPS) is 16.1. The molecule has 1 heterocycles. The van der Waals surface area contributed by atoms with Crippen LogP contribution in [0.3, 0.4) is 0 Å². The minimum absolute atomic E-state index is 0.255. The van der Waals surface area contributed by atoms with Gasteiger partial charge in [-0.25, -0.2) is 0 Å². The molecule has 0 unspecified atom stereocenters. The van der Waals surface area contributed by atoms with Gasteiger partial charge in [-0.3, -0.25) is 4.79 Å². The van der Waals surface area contributed by atoms with Crippen LogP contribution in [-0.2, 0) is 11.3 Å². The highest BCUT2D eigenvalue weighted by atomic mass is 16.2. The second-order valence-electron chi connectivity index (χ2n) is 6.33. The molecule has 3 nitrogen and oxygen atoms in total. The molecule has 0 aliphatic carbocycles. The number of hydrogen-bond acceptors (Lipinski definition) is 2. The van der Waals surface area contributed by atoms with E-state index in [1.54, 1.807) is 0 Å². The largest absolute Gasteiger partial charge is 0.336 e. The number of nitrogens with zero attached hydrogens (tertiary/aromatic N) is 1. The SMILES string of the molecule is CC(C)N(Cc1ccccc1)C(=O)CCC1CCNCC1. The molecule has 0 saturated carbocycles. The van der Waals surface area contributed by atoms with Crippen molar-refractivity contribution in [3.8, 4) is 0 Å². The molecule has 2 rings (SSSR count). The van der Waals surface area contributed by atoms with Gasteiger partial charge in [0.2, 0.25) is 5.91 Å². The Morgan fingerprint density at radius 3 is 2.52 bits per heavy atom. The van der Waals surface area contributed by atoms with E-state index in [2.05, 4.69) is 31.3 Å². The van der Waals surface area contributed by atoms with Gasteiger partial charge in [0.15, 0.2) is 0 Å². The van der Waals surface area contributed by atoms with Crippen LogP contribution in [-0.4, -0.2) is 29.9 Å².